The van der Waals surface area contributed by atoms with Crippen molar-refractivity contribution < 1.29 is 19.1 Å². The minimum Gasteiger partial charge on any atom is -0.486 e. The monoisotopic (exact) mass is 426 g/mol. The molecule has 8 nitrogen and oxygen atoms in total. The fourth-order valence-electron chi connectivity index (χ4n) is 3.19. The zero-order valence-electron chi connectivity index (χ0n) is 16.5. The van der Waals surface area contributed by atoms with E-state index in [0.717, 1.165) is 21.8 Å². The second kappa shape index (κ2) is 9.08. The molecule has 0 radical (unpaired) electrons. The molecular formula is C21H22N4O4S. The highest BCUT2D eigenvalue weighted by Gasteiger charge is 2.14. The number of nitrogens with one attached hydrogen (secondary N) is 2. The molecule has 2 N–H and O–H groups in total. The van der Waals surface area contributed by atoms with Crippen molar-refractivity contribution in [3.05, 3.63) is 48.3 Å². The predicted octanol–water partition coefficient (Wildman–Crippen LogP) is 2.31. The Morgan fingerprint density at radius 1 is 1.07 bits per heavy atom. The number of benzene rings is 2. The van der Waals surface area contributed by atoms with Gasteiger partial charge in [-0.05, 0) is 30.3 Å². The maximum absolute atomic E-state index is 12.3. The number of nitrogens with zero attached hydrogens (tertiary/aromatic N) is 2. The summed E-state index contributed by atoms with van der Waals surface area (Å²) >= 11 is 1.35. The van der Waals surface area contributed by atoms with E-state index in [1.807, 2.05) is 54.0 Å². The third kappa shape index (κ3) is 4.51. The summed E-state index contributed by atoms with van der Waals surface area (Å²) in [7, 11) is 0. The highest BCUT2D eigenvalue weighted by Crippen LogP contribution is 2.34. The Balaban J connectivity index is 1.29. The van der Waals surface area contributed by atoms with Gasteiger partial charge in [-0.25, -0.2) is 4.98 Å². The second-order valence-electron chi connectivity index (χ2n) is 6.65. The number of carbonyl (C=O) groups is 2. The normalized spacial score (nSPS) is 12.6. The van der Waals surface area contributed by atoms with Crippen molar-refractivity contribution in [1.82, 2.24) is 20.4 Å². The predicted molar refractivity (Wildman–Crippen MR) is 114 cm³/mol. The van der Waals surface area contributed by atoms with Crippen molar-refractivity contribution in [3.63, 3.8) is 0 Å². The van der Waals surface area contributed by atoms with Crippen molar-refractivity contribution in [2.45, 2.75) is 24.8 Å². The Labute approximate surface area is 177 Å². The number of hydrogen-bond donors (Lipinski definition) is 2. The van der Waals surface area contributed by atoms with Crippen LogP contribution in [0.25, 0.3) is 11.0 Å². The molecule has 2 aromatic carbocycles. The molecule has 1 aliphatic rings. The van der Waals surface area contributed by atoms with Gasteiger partial charge in [-0.1, -0.05) is 19.1 Å². The molecule has 0 atom stereocenters. The first-order chi connectivity index (χ1) is 14.6. The lowest BCUT2D eigenvalue weighted by atomic mass is 10.3. The number of aromatic nitrogens is 2. The van der Waals surface area contributed by atoms with E-state index in [2.05, 4.69) is 15.8 Å². The van der Waals surface area contributed by atoms with Crippen LogP contribution in [0.2, 0.25) is 0 Å². The third-order valence-electron chi connectivity index (χ3n) is 4.58. The molecule has 30 heavy (non-hydrogen) atoms. The van der Waals surface area contributed by atoms with Crippen LogP contribution in [0.3, 0.4) is 0 Å². The van der Waals surface area contributed by atoms with Crippen LogP contribution in [0.1, 0.15) is 12.7 Å². The fourth-order valence-corrected chi connectivity index (χ4v) is 3.92. The van der Waals surface area contributed by atoms with E-state index in [0.29, 0.717) is 31.1 Å². The molecule has 9 heteroatoms. The molecule has 1 aromatic heterocycles. The van der Waals surface area contributed by atoms with Gasteiger partial charge >= 0.3 is 0 Å². The number of para-hydroxylation sites is 2. The van der Waals surface area contributed by atoms with E-state index < -0.39 is 0 Å². The molecular weight excluding hydrogens is 404 g/mol. The number of carbonyl (C=O) groups excluding carboxylic acids is 2. The Hall–Kier alpha value is -3.20. The third-order valence-corrected chi connectivity index (χ3v) is 5.57. The lowest BCUT2D eigenvalue weighted by Crippen LogP contribution is -2.44. The number of hydrogen-bond acceptors (Lipinski definition) is 6. The smallest absolute Gasteiger partial charge is 0.258 e. The standard InChI is InChI=1S/C21H22N4O4S/c1-2-19-22-15-5-3-4-6-16(15)25(19)12-20(26)23-24-21(27)13-30-14-7-8-17-18(11-14)29-10-9-28-17/h3-8,11H,2,9-10,12-13H2,1H3,(H,23,26)(H,24,27). The summed E-state index contributed by atoms with van der Waals surface area (Å²) in [6.45, 7) is 3.13. The van der Waals surface area contributed by atoms with E-state index in [-0.39, 0.29) is 24.1 Å². The topological polar surface area (TPSA) is 94.5 Å². The van der Waals surface area contributed by atoms with Gasteiger partial charge in [-0.2, -0.15) is 0 Å². The summed E-state index contributed by atoms with van der Waals surface area (Å²) in [6, 6.07) is 13.2. The second-order valence-corrected chi connectivity index (χ2v) is 7.70. The van der Waals surface area contributed by atoms with E-state index in [9.17, 15) is 9.59 Å². The van der Waals surface area contributed by atoms with Gasteiger partial charge in [0.1, 0.15) is 25.6 Å². The van der Waals surface area contributed by atoms with Crippen molar-refractivity contribution in [3.8, 4) is 11.5 Å². The molecule has 1 aliphatic heterocycles. The fraction of sp³-hybridized carbons (Fsp3) is 0.286. The van der Waals surface area contributed by atoms with Crippen molar-refractivity contribution in [2.75, 3.05) is 19.0 Å². The van der Waals surface area contributed by atoms with Gasteiger partial charge in [-0.15, -0.1) is 11.8 Å². The summed E-state index contributed by atoms with van der Waals surface area (Å²) in [6.07, 6.45) is 0.709. The van der Waals surface area contributed by atoms with E-state index >= 15 is 0 Å². The van der Waals surface area contributed by atoms with Gasteiger partial charge in [0.2, 0.25) is 5.91 Å². The molecule has 0 saturated heterocycles. The number of aryl methyl sites for hydroxylation is 1. The van der Waals surface area contributed by atoms with Crippen molar-refractivity contribution in [1.29, 1.82) is 0 Å². The van der Waals surface area contributed by atoms with Crippen LogP contribution >= 0.6 is 11.8 Å². The Morgan fingerprint density at radius 3 is 2.67 bits per heavy atom. The molecule has 2 heterocycles. The highest BCUT2D eigenvalue weighted by molar-refractivity contribution is 8.00. The van der Waals surface area contributed by atoms with Crippen LogP contribution in [0.5, 0.6) is 11.5 Å². The zero-order valence-corrected chi connectivity index (χ0v) is 17.3. The van der Waals surface area contributed by atoms with Crippen LogP contribution in [0.4, 0.5) is 0 Å². The van der Waals surface area contributed by atoms with Gasteiger partial charge in [0.05, 0.1) is 16.8 Å². The average Bonchev–Trinajstić information content (AvgIpc) is 3.13. The van der Waals surface area contributed by atoms with Crippen molar-refractivity contribution >= 4 is 34.6 Å². The highest BCUT2D eigenvalue weighted by atomic mass is 32.2. The maximum Gasteiger partial charge on any atom is 0.258 e. The largest absolute Gasteiger partial charge is 0.486 e. The molecule has 0 fully saturated rings. The first-order valence-electron chi connectivity index (χ1n) is 9.68. The maximum atomic E-state index is 12.3. The summed E-state index contributed by atoms with van der Waals surface area (Å²) in [5.74, 6) is 1.76. The average molecular weight is 426 g/mol. The molecule has 0 saturated carbocycles. The molecule has 0 unspecified atom stereocenters. The molecule has 0 aliphatic carbocycles. The lowest BCUT2D eigenvalue weighted by molar-refractivity contribution is -0.128. The number of hydrazine groups is 1. The minimum absolute atomic E-state index is 0.0826. The number of amides is 2. The van der Waals surface area contributed by atoms with Gasteiger partial charge in [0, 0.05) is 11.3 Å². The van der Waals surface area contributed by atoms with Gasteiger partial charge in [0.25, 0.3) is 5.91 Å². The number of fused-ring (bicyclic) bond motifs is 2. The van der Waals surface area contributed by atoms with Gasteiger partial charge < -0.3 is 14.0 Å². The van der Waals surface area contributed by atoms with E-state index in [1.165, 1.54) is 11.8 Å². The van der Waals surface area contributed by atoms with Gasteiger partial charge in [-0.3, -0.25) is 20.4 Å². The SMILES string of the molecule is CCc1nc2ccccc2n1CC(=O)NNC(=O)CSc1ccc2c(c1)OCCO2. The molecule has 2 amide bonds. The number of thioether (sulfide) groups is 1. The molecule has 3 aromatic rings. The Morgan fingerprint density at radius 2 is 1.83 bits per heavy atom. The first-order valence-corrected chi connectivity index (χ1v) is 10.7. The molecule has 0 bridgehead atoms. The number of ether oxygens (including phenoxy) is 2. The molecule has 0 spiro atoms. The van der Waals surface area contributed by atoms with Crippen LogP contribution < -0.4 is 20.3 Å². The number of imidazole rings is 1. The summed E-state index contributed by atoms with van der Waals surface area (Å²) in [5, 5.41) is 0. The van der Waals surface area contributed by atoms with Gasteiger partial charge in [0.15, 0.2) is 11.5 Å². The van der Waals surface area contributed by atoms with E-state index in [4.69, 9.17) is 9.47 Å². The summed E-state index contributed by atoms with van der Waals surface area (Å²) in [5.41, 5.74) is 6.68. The minimum atomic E-state index is -0.314. The Bertz CT molecular complexity index is 1080. The number of rotatable bonds is 6. The quantitative estimate of drug-likeness (QED) is 0.464. The summed E-state index contributed by atoms with van der Waals surface area (Å²) in [4.78, 5) is 29.9. The van der Waals surface area contributed by atoms with Crippen LogP contribution in [0, 0.1) is 0 Å². The Kier molecular flexibility index (Phi) is 6.08. The van der Waals surface area contributed by atoms with E-state index in [1.54, 1.807) is 0 Å². The van der Waals surface area contributed by atoms with Crippen molar-refractivity contribution in [2.24, 2.45) is 0 Å². The lowest BCUT2D eigenvalue weighted by Gasteiger charge is -2.18. The molecule has 4 rings (SSSR count). The summed E-state index contributed by atoms with van der Waals surface area (Å²) < 4.78 is 12.9. The van der Waals surface area contributed by atoms with Crippen LogP contribution in [-0.4, -0.2) is 40.3 Å². The first kappa shape index (κ1) is 20.1. The molecule has 156 valence electrons. The van der Waals surface area contributed by atoms with Crippen LogP contribution in [-0.2, 0) is 22.6 Å². The van der Waals surface area contributed by atoms with Crippen LogP contribution in [0.15, 0.2) is 47.4 Å². The zero-order chi connectivity index (χ0) is 20.9.